The quantitative estimate of drug-likeness (QED) is 0.598. The van der Waals surface area contributed by atoms with Gasteiger partial charge in [-0.05, 0) is 54.2 Å². The van der Waals surface area contributed by atoms with Crippen LogP contribution in [0.4, 0.5) is 5.69 Å². The zero-order chi connectivity index (χ0) is 21.8. The average Bonchev–Trinajstić information content (AvgIpc) is 3.06. The molecule has 1 aliphatic rings. The van der Waals surface area contributed by atoms with Crippen molar-refractivity contribution in [2.75, 3.05) is 14.2 Å². The van der Waals surface area contributed by atoms with Gasteiger partial charge < -0.3 is 25.0 Å². The Morgan fingerprint density at radius 2 is 1.70 bits per heavy atom. The third-order valence-corrected chi connectivity index (χ3v) is 4.93. The molecule has 10 heteroatoms. The largest absolute Gasteiger partial charge is 0.497 e. The third-order valence-electron chi connectivity index (χ3n) is 4.02. The first-order valence-corrected chi connectivity index (χ1v) is 9.25. The Bertz CT molecular complexity index is 1080. The molecule has 1 fully saturated rings. The molecule has 2 aromatic rings. The van der Waals surface area contributed by atoms with Gasteiger partial charge in [-0.25, -0.2) is 14.6 Å². The first-order valence-electron chi connectivity index (χ1n) is 8.44. The normalized spacial score (nSPS) is 15.9. The number of aliphatic imine (C=N–C) groups is 1. The van der Waals surface area contributed by atoms with Crippen molar-refractivity contribution in [3.63, 3.8) is 0 Å². The van der Waals surface area contributed by atoms with E-state index in [1.54, 1.807) is 24.3 Å². The van der Waals surface area contributed by atoms with Crippen LogP contribution in [0.25, 0.3) is 6.08 Å². The van der Waals surface area contributed by atoms with Crippen molar-refractivity contribution in [2.24, 2.45) is 4.99 Å². The lowest BCUT2D eigenvalue weighted by Crippen LogP contribution is -2.19. The number of carbonyl (C=O) groups excluding carboxylic acids is 1. The van der Waals surface area contributed by atoms with Gasteiger partial charge in [0.15, 0.2) is 5.17 Å². The second kappa shape index (κ2) is 8.70. The molecule has 3 N–H and O–H groups in total. The van der Waals surface area contributed by atoms with E-state index < -0.39 is 17.8 Å². The van der Waals surface area contributed by atoms with Gasteiger partial charge in [-0.2, -0.15) is 0 Å². The summed E-state index contributed by atoms with van der Waals surface area (Å²) in [5, 5.41) is 21.1. The lowest BCUT2D eigenvalue weighted by molar-refractivity contribution is -0.115. The molecule has 3 rings (SSSR count). The first kappa shape index (κ1) is 20.9. The summed E-state index contributed by atoms with van der Waals surface area (Å²) in [5.41, 5.74) is 0.271. The Balaban J connectivity index is 1.95. The molecule has 0 saturated carbocycles. The zero-order valence-corrected chi connectivity index (χ0v) is 16.6. The molecule has 0 aromatic heterocycles. The minimum Gasteiger partial charge on any atom is -0.497 e. The smallest absolute Gasteiger partial charge is 0.335 e. The van der Waals surface area contributed by atoms with Crippen molar-refractivity contribution in [3.05, 3.63) is 58.0 Å². The van der Waals surface area contributed by atoms with E-state index in [0.717, 1.165) is 17.8 Å². The highest BCUT2D eigenvalue weighted by molar-refractivity contribution is 8.18. The highest BCUT2D eigenvalue weighted by atomic mass is 32.2. The molecule has 30 heavy (non-hydrogen) atoms. The molecule has 0 unspecified atom stereocenters. The predicted molar refractivity (Wildman–Crippen MR) is 111 cm³/mol. The highest BCUT2D eigenvalue weighted by Gasteiger charge is 2.25. The Morgan fingerprint density at radius 3 is 2.27 bits per heavy atom. The number of amidine groups is 1. The molecule has 0 spiro atoms. The number of hydrogen-bond acceptors (Lipinski definition) is 7. The number of methoxy groups -OCH3 is 2. The number of carboxylic acid groups (broad SMARTS) is 2. The van der Waals surface area contributed by atoms with Crippen molar-refractivity contribution in [2.45, 2.75) is 0 Å². The molecule has 1 heterocycles. The third kappa shape index (κ3) is 4.61. The maximum atomic E-state index is 12.3. The van der Waals surface area contributed by atoms with Gasteiger partial charge in [-0.1, -0.05) is 0 Å². The van der Waals surface area contributed by atoms with Crippen LogP contribution in [0.2, 0.25) is 0 Å². The van der Waals surface area contributed by atoms with Crippen LogP contribution in [-0.4, -0.2) is 47.4 Å². The summed E-state index contributed by atoms with van der Waals surface area (Å²) in [6, 6.07) is 8.63. The summed E-state index contributed by atoms with van der Waals surface area (Å²) in [7, 11) is 3.03. The number of nitrogens with zero attached hydrogens (tertiary/aromatic N) is 1. The molecule has 0 bridgehead atoms. The van der Waals surface area contributed by atoms with Crippen LogP contribution in [0, 0.1) is 0 Å². The number of ether oxygens (including phenoxy) is 2. The molecule has 0 radical (unpaired) electrons. The number of amides is 1. The van der Waals surface area contributed by atoms with Crippen LogP contribution >= 0.6 is 11.8 Å². The van der Waals surface area contributed by atoms with Crippen molar-refractivity contribution >= 4 is 46.5 Å². The summed E-state index contributed by atoms with van der Waals surface area (Å²) in [5.74, 6) is -1.84. The first-order chi connectivity index (χ1) is 14.3. The number of carboxylic acids is 2. The number of benzene rings is 2. The van der Waals surface area contributed by atoms with Crippen LogP contribution in [0.15, 0.2) is 46.3 Å². The summed E-state index contributed by atoms with van der Waals surface area (Å²) in [4.78, 5) is 39.3. The fourth-order valence-corrected chi connectivity index (χ4v) is 3.45. The topological polar surface area (TPSA) is 135 Å². The summed E-state index contributed by atoms with van der Waals surface area (Å²) in [6.45, 7) is 0. The monoisotopic (exact) mass is 428 g/mol. The molecule has 2 aromatic carbocycles. The van der Waals surface area contributed by atoms with Crippen LogP contribution < -0.4 is 14.8 Å². The molecule has 1 saturated heterocycles. The van der Waals surface area contributed by atoms with E-state index in [0.29, 0.717) is 22.0 Å². The van der Waals surface area contributed by atoms with E-state index in [9.17, 15) is 14.4 Å². The van der Waals surface area contributed by atoms with E-state index >= 15 is 0 Å². The van der Waals surface area contributed by atoms with Crippen LogP contribution in [-0.2, 0) is 4.79 Å². The number of thioether (sulfide) groups is 1. The van der Waals surface area contributed by atoms with Gasteiger partial charge in [-0.15, -0.1) is 0 Å². The average molecular weight is 428 g/mol. The fourth-order valence-electron chi connectivity index (χ4n) is 2.61. The Hall–Kier alpha value is -3.79. The lowest BCUT2D eigenvalue weighted by atomic mass is 10.1. The summed E-state index contributed by atoms with van der Waals surface area (Å²) >= 11 is 1.03. The van der Waals surface area contributed by atoms with Gasteiger partial charge in [0.25, 0.3) is 5.91 Å². The number of rotatable bonds is 6. The maximum Gasteiger partial charge on any atom is 0.335 e. The van der Waals surface area contributed by atoms with E-state index in [4.69, 9.17) is 19.7 Å². The van der Waals surface area contributed by atoms with Gasteiger partial charge in [-0.3, -0.25) is 4.79 Å². The van der Waals surface area contributed by atoms with Crippen molar-refractivity contribution in [3.8, 4) is 11.5 Å². The van der Waals surface area contributed by atoms with Crippen LogP contribution in [0.3, 0.4) is 0 Å². The highest BCUT2D eigenvalue weighted by Crippen LogP contribution is 2.32. The van der Waals surface area contributed by atoms with E-state index in [2.05, 4.69) is 10.3 Å². The fraction of sp³-hybridized carbons (Fsp3) is 0.100. The predicted octanol–water partition coefficient (Wildman–Crippen LogP) is 2.99. The van der Waals surface area contributed by atoms with Gasteiger partial charge >= 0.3 is 11.9 Å². The van der Waals surface area contributed by atoms with Gasteiger partial charge in [0.1, 0.15) is 11.5 Å². The number of aromatic carboxylic acids is 2. The molecular formula is C20H16N2O7S. The van der Waals surface area contributed by atoms with Gasteiger partial charge in [0.2, 0.25) is 0 Å². The Kier molecular flexibility index (Phi) is 6.07. The van der Waals surface area contributed by atoms with Gasteiger partial charge in [0, 0.05) is 5.56 Å². The molecule has 9 nitrogen and oxygen atoms in total. The van der Waals surface area contributed by atoms with E-state index in [1.807, 2.05) is 0 Å². The molecule has 1 amide bonds. The SMILES string of the molecule is COc1ccc(OC)c(/C=C2\SC(=Nc3cc(C(=O)O)cc(C(=O)O)c3)NC2=O)c1. The number of hydrogen-bond donors (Lipinski definition) is 3. The standard InChI is InChI=1S/C20H16N2O7S/c1-28-14-3-4-15(29-2)10(8-14)9-16-17(23)22-20(30-16)21-13-6-11(18(24)25)5-12(7-13)19(26)27/h3-9H,1-2H3,(H,24,25)(H,26,27)(H,21,22,23)/b16-9-. The molecule has 0 aliphatic carbocycles. The maximum absolute atomic E-state index is 12.3. The van der Waals surface area contributed by atoms with E-state index in [1.165, 1.54) is 26.4 Å². The minimum atomic E-state index is -1.28. The van der Waals surface area contributed by atoms with E-state index in [-0.39, 0.29) is 22.0 Å². The Labute approximate surface area is 175 Å². The molecule has 154 valence electrons. The Morgan fingerprint density at radius 1 is 1.03 bits per heavy atom. The lowest BCUT2D eigenvalue weighted by Gasteiger charge is -2.07. The van der Waals surface area contributed by atoms with Crippen LogP contribution in [0.1, 0.15) is 26.3 Å². The second-order valence-electron chi connectivity index (χ2n) is 5.97. The second-order valence-corrected chi connectivity index (χ2v) is 7.00. The molecule has 0 atom stereocenters. The minimum absolute atomic E-state index is 0.0929. The zero-order valence-electron chi connectivity index (χ0n) is 15.8. The van der Waals surface area contributed by atoms with Crippen molar-refractivity contribution in [1.29, 1.82) is 0 Å². The number of nitrogens with one attached hydrogen (secondary N) is 1. The molecule has 1 aliphatic heterocycles. The van der Waals surface area contributed by atoms with Gasteiger partial charge in [0.05, 0.1) is 35.9 Å². The molecular weight excluding hydrogens is 412 g/mol. The van der Waals surface area contributed by atoms with Crippen LogP contribution in [0.5, 0.6) is 11.5 Å². The summed E-state index contributed by atoms with van der Waals surface area (Å²) in [6.07, 6.45) is 1.61. The number of carbonyl (C=O) groups is 3. The van der Waals surface area contributed by atoms with Crippen molar-refractivity contribution < 1.29 is 34.1 Å². The summed E-state index contributed by atoms with van der Waals surface area (Å²) < 4.78 is 10.5. The van der Waals surface area contributed by atoms with Crippen molar-refractivity contribution in [1.82, 2.24) is 5.32 Å².